The van der Waals surface area contributed by atoms with Crippen molar-refractivity contribution >= 4 is 11.8 Å². The number of hydrogen-bond acceptors (Lipinski definition) is 4. The Morgan fingerprint density at radius 2 is 1.71 bits per heavy atom. The molecule has 0 atom stereocenters. The van der Waals surface area contributed by atoms with Crippen molar-refractivity contribution in [2.24, 2.45) is 0 Å². The lowest BCUT2D eigenvalue weighted by atomic mass is 10.1. The molecule has 3 N–H and O–H groups in total. The summed E-state index contributed by atoms with van der Waals surface area (Å²) in [5.74, 6) is -0.918. The molecular weight excluding hydrogens is 270 g/mol. The number of nitrogens with zero attached hydrogens (tertiary/aromatic N) is 1. The van der Waals surface area contributed by atoms with Crippen molar-refractivity contribution < 1.29 is 14.8 Å². The van der Waals surface area contributed by atoms with Crippen LogP contribution in [0.2, 0.25) is 0 Å². The van der Waals surface area contributed by atoms with E-state index in [1.54, 1.807) is 24.5 Å². The average molecular weight is 285 g/mol. The van der Waals surface area contributed by atoms with Crippen molar-refractivity contribution in [2.45, 2.75) is 6.42 Å². The minimum absolute atomic E-state index is 0.222. The quantitative estimate of drug-likeness (QED) is 0.568. The van der Waals surface area contributed by atoms with Crippen LogP contribution in [0, 0.1) is 0 Å². The molecule has 21 heavy (non-hydrogen) atoms. The maximum Gasteiger partial charge on any atom is 0.274 e. The van der Waals surface area contributed by atoms with E-state index in [0.717, 1.165) is 5.56 Å². The van der Waals surface area contributed by atoms with Crippen molar-refractivity contribution in [1.82, 2.24) is 15.8 Å². The van der Waals surface area contributed by atoms with E-state index in [1.165, 1.54) is 17.6 Å². The number of hydrogen-bond donors (Lipinski definition) is 3. The summed E-state index contributed by atoms with van der Waals surface area (Å²) in [6, 6.07) is 9.90. The van der Waals surface area contributed by atoms with Gasteiger partial charge in [0.05, 0.1) is 0 Å². The van der Waals surface area contributed by atoms with Gasteiger partial charge in [0, 0.05) is 30.1 Å². The summed E-state index contributed by atoms with van der Waals surface area (Å²) in [4.78, 5) is 27.2. The molecule has 0 fully saturated rings. The molecule has 0 saturated carbocycles. The van der Waals surface area contributed by atoms with Gasteiger partial charge >= 0.3 is 0 Å². The van der Waals surface area contributed by atoms with Gasteiger partial charge in [-0.25, -0.2) is 5.48 Å². The number of benzene rings is 1. The van der Waals surface area contributed by atoms with Crippen LogP contribution in [-0.2, 0) is 6.42 Å². The fourth-order valence-electron chi connectivity index (χ4n) is 1.84. The van der Waals surface area contributed by atoms with E-state index in [-0.39, 0.29) is 11.5 Å². The minimum Gasteiger partial charge on any atom is -0.352 e. The van der Waals surface area contributed by atoms with Gasteiger partial charge in [0.15, 0.2) is 0 Å². The molecule has 1 aromatic heterocycles. The molecule has 2 rings (SSSR count). The van der Waals surface area contributed by atoms with Crippen molar-refractivity contribution in [3.63, 3.8) is 0 Å². The van der Waals surface area contributed by atoms with Crippen LogP contribution in [0.4, 0.5) is 0 Å². The number of carbonyl (C=O) groups is 2. The SMILES string of the molecule is O=C(NO)c1cccc(C(=O)NCCc2ccncc2)c1. The molecule has 1 aromatic carbocycles. The van der Waals surface area contributed by atoms with Crippen LogP contribution in [0.5, 0.6) is 0 Å². The lowest BCUT2D eigenvalue weighted by Gasteiger charge is -2.06. The molecule has 2 aromatic rings. The van der Waals surface area contributed by atoms with E-state index in [4.69, 9.17) is 5.21 Å². The van der Waals surface area contributed by atoms with Crippen LogP contribution in [0.1, 0.15) is 26.3 Å². The summed E-state index contributed by atoms with van der Waals surface area (Å²) in [5, 5.41) is 11.4. The zero-order valence-corrected chi connectivity index (χ0v) is 11.2. The lowest BCUT2D eigenvalue weighted by molar-refractivity contribution is 0.0706. The maximum absolute atomic E-state index is 12.0. The van der Waals surface area contributed by atoms with Gasteiger partial charge in [-0.05, 0) is 42.3 Å². The van der Waals surface area contributed by atoms with Gasteiger partial charge in [-0.3, -0.25) is 19.8 Å². The van der Waals surface area contributed by atoms with Crippen molar-refractivity contribution in [3.8, 4) is 0 Å². The van der Waals surface area contributed by atoms with Crippen LogP contribution >= 0.6 is 0 Å². The highest BCUT2D eigenvalue weighted by Crippen LogP contribution is 2.05. The summed E-state index contributed by atoms with van der Waals surface area (Å²) in [5.41, 5.74) is 3.21. The maximum atomic E-state index is 12.0. The Balaban J connectivity index is 1.93. The van der Waals surface area contributed by atoms with E-state index in [0.29, 0.717) is 18.5 Å². The van der Waals surface area contributed by atoms with Crippen molar-refractivity contribution in [2.75, 3.05) is 6.54 Å². The highest BCUT2D eigenvalue weighted by Gasteiger charge is 2.09. The van der Waals surface area contributed by atoms with Crippen LogP contribution in [-0.4, -0.2) is 28.6 Å². The third-order valence-electron chi connectivity index (χ3n) is 2.94. The van der Waals surface area contributed by atoms with Gasteiger partial charge in [0.1, 0.15) is 0 Å². The van der Waals surface area contributed by atoms with Gasteiger partial charge in [-0.2, -0.15) is 0 Å². The molecule has 0 spiro atoms. The number of amides is 2. The third kappa shape index (κ3) is 4.12. The highest BCUT2D eigenvalue weighted by atomic mass is 16.5. The second-order valence-electron chi connectivity index (χ2n) is 4.38. The molecule has 0 bridgehead atoms. The topological polar surface area (TPSA) is 91.3 Å². The zero-order valence-electron chi connectivity index (χ0n) is 11.2. The standard InChI is InChI=1S/C15H15N3O3/c19-14(17-9-6-11-4-7-16-8-5-11)12-2-1-3-13(10-12)15(20)18-21/h1-5,7-8,10,21H,6,9H2,(H,17,19)(H,18,20). The molecule has 0 aliphatic rings. The molecule has 0 aliphatic heterocycles. The number of rotatable bonds is 5. The lowest BCUT2D eigenvalue weighted by Crippen LogP contribution is -2.26. The fourth-order valence-corrected chi connectivity index (χ4v) is 1.84. The first-order valence-corrected chi connectivity index (χ1v) is 6.42. The fraction of sp³-hybridized carbons (Fsp3) is 0.133. The molecule has 0 aliphatic carbocycles. The van der Waals surface area contributed by atoms with Gasteiger partial charge in [-0.15, -0.1) is 0 Å². The van der Waals surface area contributed by atoms with Crippen LogP contribution in [0.3, 0.4) is 0 Å². The first kappa shape index (κ1) is 14.7. The van der Waals surface area contributed by atoms with Crippen LogP contribution < -0.4 is 10.8 Å². The third-order valence-corrected chi connectivity index (χ3v) is 2.94. The van der Waals surface area contributed by atoms with Gasteiger partial charge in [-0.1, -0.05) is 6.07 Å². The Morgan fingerprint density at radius 1 is 1.05 bits per heavy atom. The Labute approximate surface area is 121 Å². The summed E-state index contributed by atoms with van der Waals surface area (Å²) in [6.07, 6.45) is 4.10. The number of hydroxylamine groups is 1. The smallest absolute Gasteiger partial charge is 0.274 e. The van der Waals surface area contributed by atoms with Gasteiger partial charge in [0.2, 0.25) is 0 Å². The zero-order chi connectivity index (χ0) is 15.1. The molecule has 1 heterocycles. The van der Waals surface area contributed by atoms with Crippen LogP contribution in [0.25, 0.3) is 0 Å². The molecule has 108 valence electrons. The predicted molar refractivity (Wildman–Crippen MR) is 76.0 cm³/mol. The molecular formula is C15H15N3O3. The van der Waals surface area contributed by atoms with Gasteiger partial charge in [0.25, 0.3) is 11.8 Å². The molecule has 6 nitrogen and oxygen atoms in total. The average Bonchev–Trinajstić information content (AvgIpc) is 2.55. The van der Waals surface area contributed by atoms with E-state index in [9.17, 15) is 9.59 Å². The summed E-state index contributed by atoms with van der Waals surface area (Å²) in [6.45, 7) is 0.485. The van der Waals surface area contributed by atoms with E-state index < -0.39 is 5.91 Å². The van der Waals surface area contributed by atoms with Crippen molar-refractivity contribution in [1.29, 1.82) is 0 Å². The van der Waals surface area contributed by atoms with E-state index in [1.807, 2.05) is 12.1 Å². The minimum atomic E-state index is -0.651. The predicted octanol–water partition coefficient (Wildman–Crippen LogP) is 1.17. The van der Waals surface area contributed by atoms with E-state index in [2.05, 4.69) is 10.3 Å². The number of aromatic nitrogens is 1. The van der Waals surface area contributed by atoms with E-state index >= 15 is 0 Å². The Morgan fingerprint density at radius 3 is 2.38 bits per heavy atom. The Hall–Kier alpha value is -2.73. The van der Waals surface area contributed by atoms with Crippen molar-refractivity contribution in [3.05, 3.63) is 65.5 Å². The first-order chi connectivity index (χ1) is 10.2. The second-order valence-corrected chi connectivity index (χ2v) is 4.38. The summed E-state index contributed by atoms with van der Waals surface area (Å²) < 4.78 is 0. The number of nitrogens with one attached hydrogen (secondary N) is 2. The number of carbonyl (C=O) groups excluding carboxylic acids is 2. The molecule has 0 saturated heterocycles. The second kappa shape index (κ2) is 7.16. The molecule has 0 radical (unpaired) electrons. The number of pyridine rings is 1. The molecule has 2 amide bonds. The normalized spacial score (nSPS) is 9.95. The van der Waals surface area contributed by atoms with Crippen LogP contribution in [0.15, 0.2) is 48.8 Å². The molecule has 0 unspecified atom stereocenters. The summed E-state index contributed by atoms with van der Waals surface area (Å²) >= 11 is 0. The first-order valence-electron chi connectivity index (χ1n) is 6.42. The van der Waals surface area contributed by atoms with Gasteiger partial charge < -0.3 is 5.32 Å². The largest absolute Gasteiger partial charge is 0.352 e. The highest BCUT2D eigenvalue weighted by molar-refractivity contribution is 5.99. The molecule has 6 heteroatoms. The Bertz CT molecular complexity index is 629. The Kier molecular flexibility index (Phi) is 5.00. The summed E-state index contributed by atoms with van der Waals surface area (Å²) in [7, 11) is 0. The monoisotopic (exact) mass is 285 g/mol.